The summed E-state index contributed by atoms with van der Waals surface area (Å²) in [6, 6.07) is 12.1. The molecule has 0 spiro atoms. The third kappa shape index (κ3) is 6.23. The Kier molecular flexibility index (Phi) is 7.01. The van der Waals surface area contributed by atoms with Crippen LogP contribution in [0.5, 0.6) is 0 Å². The molecule has 0 fully saturated rings. The van der Waals surface area contributed by atoms with Gasteiger partial charge in [0, 0.05) is 31.2 Å². The van der Waals surface area contributed by atoms with Gasteiger partial charge in [0.15, 0.2) is 0 Å². The van der Waals surface area contributed by atoms with E-state index in [0.717, 1.165) is 17.7 Å². The fourth-order valence-corrected chi connectivity index (χ4v) is 3.13. The minimum absolute atomic E-state index is 0.00725. The SMILES string of the molecule is Cc1ccc(C(=O)NCC(=O)NCCCc2ccc(N(C)C)cc2)s1. The fraction of sp³-hybridized carbons (Fsp3) is 0.368. The summed E-state index contributed by atoms with van der Waals surface area (Å²) in [6.45, 7) is 2.55. The molecule has 0 aliphatic rings. The zero-order valence-corrected chi connectivity index (χ0v) is 15.8. The van der Waals surface area contributed by atoms with Gasteiger partial charge in [0.1, 0.15) is 0 Å². The second kappa shape index (κ2) is 9.22. The van der Waals surface area contributed by atoms with E-state index in [0.29, 0.717) is 11.4 Å². The van der Waals surface area contributed by atoms with Gasteiger partial charge in [-0.1, -0.05) is 12.1 Å². The number of amides is 2. The van der Waals surface area contributed by atoms with Crippen molar-refractivity contribution in [2.75, 3.05) is 32.1 Å². The largest absolute Gasteiger partial charge is 0.378 e. The predicted octanol–water partition coefficient (Wildman–Crippen LogP) is 2.60. The van der Waals surface area contributed by atoms with Crippen LogP contribution in [0.15, 0.2) is 36.4 Å². The van der Waals surface area contributed by atoms with Gasteiger partial charge in [0.2, 0.25) is 5.91 Å². The average molecular weight is 359 g/mol. The van der Waals surface area contributed by atoms with Gasteiger partial charge in [-0.05, 0) is 49.6 Å². The first-order valence-electron chi connectivity index (χ1n) is 8.33. The van der Waals surface area contributed by atoms with E-state index in [1.807, 2.05) is 27.1 Å². The second-order valence-corrected chi connectivity index (χ2v) is 7.40. The Morgan fingerprint density at radius 2 is 1.76 bits per heavy atom. The Bertz CT molecular complexity index is 708. The molecule has 6 heteroatoms. The molecule has 1 aromatic carbocycles. The molecular formula is C19H25N3O2S. The van der Waals surface area contributed by atoms with Crippen molar-refractivity contribution in [3.05, 3.63) is 51.7 Å². The molecule has 0 bridgehead atoms. The first kappa shape index (κ1) is 19.0. The van der Waals surface area contributed by atoms with E-state index in [9.17, 15) is 9.59 Å². The van der Waals surface area contributed by atoms with E-state index in [-0.39, 0.29) is 18.4 Å². The molecule has 0 aliphatic heterocycles. The standard InChI is InChI=1S/C19H25N3O2S/c1-14-6-11-17(25-14)19(24)21-13-18(23)20-12-4-5-15-7-9-16(10-8-15)22(2)3/h6-11H,4-5,12-13H2,1-3H3,(H,20,23)(H,21,24). The van der Waals surface area contributed by atoms with Crippen molar-refractivity contribution in [3.63, 3.8) is 0 Å². The molecule has 134 valence electrons. The van der Waals surface area contributed by atoms with Crippen molar-refractivity contribution in [2.45, 2.75) is 19.8 Å². The zero-order chi connectivity index (χ0) is 18.2. The van der Waals surface area contributed by atoms with E-state index < -0.39 is 0 Å². The zero-order valence-electron chi connectivity index (χ0n) is 15.0. The second-order valence-electron chi connectivity index (χ2n) is 6.11. The van der Waals surface area contributed by atoms with E-state index >= 15 is 0 Å². The molecular weight excluding hydrogens is 334 g/mol. The van der Waals surface area contributed by atoms with Crippen LogP contribution in [0.4, 0.5) is 5.69 Å². The van der Waals surface area contributed by atoms with Gasteiger partial charge in [0.25, 0.3) is 5.91 Å². The summed E-state index contributed by atoms with van der Waals surface area (Å²) in [5, 5.41) is 5.48. The lowest BCUT2D eigenvalue weighted by molar-refractivity contribution is -0.120. The van der Waals surface area contributed by atoms with Crippen LogP contribution < -0.4 is 15.5 Å². The maximum atomic E-state index is 11.9. The van der Waals surface area contributed by atoms with E-state index in [1.165, 1.54) is 22.6 Å². The molecule has 1 heterocycles. The van der Waals surface area contributed by atoms with Gasteiger partial charge in [0.05, 0.1) is 11.4 Å². The Morgan fingerprint density at radius 3 is 2.36 bits per heavy atom. The molecule has 2 aromatic rings. The molecule has 0 radical (unpaired) electrons. The quantitative estimate of drug-likeness (QED) is 0.712. The number of hydrogen-bond donors (Lipinski definition) is 2. The first-order valence-corrected chi connectivity index (χ1v) is 9.15. The Labute approximate surface area is 153 Å². The monoisotopic (exact) mass is 359 g/mol. The fourth-order valence-electron chi connectivity index (χ4n) is 2.35. The van der Waals surface area contributed by atoms with Gasteiger partial charge in [-0.2, -0.15) is 0 Å². The summed E-state index contributed by atoms with van der Waals surface area (Å²) in [6.07, 6.45) is 1.78. The highest BCUT2D eigenvalue weighted by molar-refractivity contribution is 7.13. The predicted molar refractivity (Wildman–Crippen MR) is 103 cm³/mol. The lowest BCUT2D eigenvalue weighted by Crippen LogP contribution is -2.37. The number of carbonyl (C=O) groups excluding carboxylic acids is 2. The van der Waals surface area contributed by atoms with Crippen LogP contribution in [0.25, 0.3) is 0 Å². The summed E-state index contributed by atoms with van der Waals surface area (Å²) in [5.41, 5.74) is 2.43. The highest BCUT2D eigenvalue weighted by Gasteiger charge is 2.09. The van der Waals surface area contributed by atoms with Gasteiger partial charge in [-0.15, -0.1) is 11.3 Å². The normalized spacial score (nSPS) is 10.4. The van der Waals surface area contributed by atoms with Crippen molar-refractivity contribution in [2.24, 2.45) is 0 Å². The van der Waals surface area contributed by atoms with Crippen molar-refractivity contribution >= 4 is 28.8 Å². The summed E-state index contributed by atoms with van der Waals surface area (Å²) in [7, 11) is 4.03. The molecule has 0 unspecified atom stereocenters. The lowest BCUT2D eigenvalue weighted by atomic mass is 10.1. The van der Waals surface area contributed by atoms with Crippen LogP contribution in [0, 0.1) is 6.92 Å². The average Bonchev–Trinajstić information content (AvgIpc) is 3.03. The number of anilines is 1. The summed E-state index contributed by atoms with van der Waals surface area (Å²) >= 11 is 1.42. The molecule has 5 nitrogen and oxygen atoms in total. The van der Waals surface area contributed by atoms with Crippen LogP contribution >= 0.6 is 11.3 Å². The Hall–Kier alpha value is -2.34. The van der Waals surface area contributed by atoms with Crippen LogP contribution in [0.1, 0.15) is 26.5 Å². The van der Waals surface area contributed by atoms with E-state index in [1.54, 1.807) is 6.07 Å². The Balaban J connectivity index is 1.62. The molecule has 1 aromatic heterocycles. The third-order valence-electron chi connectivity index (χ3n) is 3.79. The first-order chi connectivity index (χ1) is 12.0. The number of hydrogen-bond acceptors (Lipinski definition) is 4. The number of nitrogens with zero attached hydrogens (tertiary/aromatic N) is 1. The molecule has 25 heavy (non-hydrogen) atoms. The van der Waals surface area contributed by atoms with E-state index in [4.69, 9.17) is 0 Å². The number of nitrogens with one attached hydrogen (secondary N) is 2. The van der Waals surface area contributed by atoms with Crippen molar-refractivity contribution in [1.29, 1.82) is 0 Å². The van der Waals surface area contributed by atoms with E-state index in [2.05, 4.69) is 39.8 Å². The summed E-state index contributed by atoms with van der Waals surface area (Å²) in [5.74, 6) is -0.362. The molecule has 0 aliphatic carbocycles. The maximum Gasteiger partial charge on any atom is 0.261 e. The van der Waals surface area contributed by atoms with Crippen LogP contribution in [-0.2, 0) is 11.2 Å². The minimum atomic E-state index is -0.200. The van der Waals surface area contributed by atoms with Gasteiger partial charge >= 0.3 is 0 Å². The topological polar surface area (TPSA) is 61.4 Å². The molecule has 0 atom stereocenters. The summed E-state index contributed by atoms with van der Waals surface area (Å²) in [4.78, 5) is 27.4. The van der Waals surface area contributed by atoms with Gasteiger partial charge in [-0.3, -0.25) is 9.59 Å². The van der Waals surface area contributed by atoms with Gasteiger partial charge < -0.3 is 15.5 Å². The Morgan fingerprint density at radius 1 is 1.04 bits per heavy atom. The van der Waals surface area contributed by atoms with Crippen LogP contribution in [0.2, 0.25) is 0 Å². The molecule has 0 saturated heterocycles. The van der Waals surface area contributed by atoms with Crippen LogP contribution in [0.3, 0.4) is 0 Å². The molecule has 2 amide bonds. The van der Waals surface area contributed by atoms with Crippen molar-refractivity contribution in [3.8, 4) is 0 Å². The lowest BCUT2D eigenvalue weighted by Gasteiger charge is -2.12. The third-order valence-corrected chi connectivity index (χ3v) is 4.79. The summed E-state index contributed by atoms with van der Waals surface area (Å²) < 4.78 is 0. The number of rotatable bonds is 8. The van der Waals surface area contributed by atoms with Gasteiger partial charge in [-0.25, -0.2) is 0 Å². The number of aryl methyl sites for hydroxylation is 2. The van der Waals surface area contributed by atoms with Crippen molar-refractivity contribution in [1.82, 2.24) is 10.6 Å². The highest BCUT2D eigenvalue weighted by atomic mass is 32.1. The van der Waals surface area contributed by atoms with Crippen molar-refractivity contribution < 1.29 is 9.59 Å². The molecule has 2 rings (SSSR count). The van der Waals surface area contributed by atoms with Crippen LogP contribution in [-0.4, -0.2) is 39.0 Å². The molecule has 0 saturated carbocycles. The molecule has 2 N–H and O–H groups in total. The highest BCUT2D eigenvalue weighted by Crippen LogP contribution is 2.14. The number of carbonyl (C=O) groups is 2. The number of benzene rings is 1. The maximum absolute atomic E-state index is 11.9. The smallest absolute Gasteiger partial charge is 0.261 e. The number of thiophene rings is 1. The minimum Gasteiger partial charge on any atom is -0.378 e.